The molecule has 0 spiro atoms. The fourth-order valence-electron chi connectivity index (χ4n) is 1.13. The normalized spacial score (nSPS) is 8.95. The number of benzene rings is 1. The predicted molar refractivity (Wildman–Crippen MR) is 95.6 cm³/mol. The quantitative estimate of drug-likeness (QED) is 0.631. The van der Waals surface area contributed by atoms with Gasteiger partial charge in [0.25, 0.3) is 0 Å². The molecule has 1 aromatic carbocycles. The van der Waals surface area contributed by atoms with Crippen LogP contribution >= 0.6 is 0 Å². The summed E-state index contributed by atoms with van der Waals surface area (Å²) in [5, 5.41) is 0. The molecule has 0 unspecified atom stereocenters. The first-order chi connectivity index (χ1) is 9.32. The molecule has 0 aliphatic rings. The van der Waals surface area contributed by atoms with Gasteiger partial charge in [0.15, 0.2) is 0 Å². The van der Waals surface area contributed by atoms with Gasteiger partial charge in [0.1, 0.15) is 0 Å². The van der Waals surface area contributed by atoms with Crippen LogP contribution in [-0.2, 0) is 0 Å². The van der Waals surface area contributed by atoms with Crippen molar-refractivity contribution in [3.8, 4) is 0 Å². The largest absolute Gasteiger partial charge is 0.378 e. The Morgan fingerprint density at radius 3 is 1.50 bits per heavy atom. The van der Waals surface area contributed by atoms with Gasteiger partial charge in [-0.2, -0.15) is 0 Å². The van der Waals surface area contributed by atoms with Crippen molar-refractivity contribution >= 4 is 5.69 Å². The Hall–Kier alpha value is -1.76. The van der Waals surface area contributed by atoms with E-state index in [0.29, 0.717) is 0 Å². The van der Waals surface area contributed by atoms with Gasteiger partial charge in [-0.3, -0.25) is 0 Å². The Balaban J connectivity index is 0. The molecule has 0 aliphatic carbocycles. The smallest absolute Gasteiger partial charge is 0.0361 e. The third-order valence-electron chi connectivity index (χ3n) is 2.20. The van der Waals surface area contributed by atoms with E-state index in [4.69, 9.17) is 0 Å². The zero-order chi connectivity index (χ0) is 16.1. The number of aryl methyl sites for hydroxylation is 1. The molecule has 0 N–H and O–H groups in total. The Morgan fingerprint density at radius 2 is 1.25 bits per heavy atom. The summed E-state index contributed by atoms with van der Waals surface area (Å²) in [6, 6.07) is 8.48. The van der Waals surface area contributed by atoms with Crippen molar-refractivity contribution in [3.05, 3.63) is 66.3 Å². The molecule has 0 saturated carbocycles. The highest BCUT2D eigenvalue weighted by atomic mass is 15.1. The number of allylic oxidation sites excluding steroid dienone is 4. The predicted octanol–water partition coefficient (Wildman–Crippen LogP) is 5.78. The summed E-state index contributed by atoms with van der Waals surface area (Å²) in [6.45, 7) is 17.4. The van der Waals surface area contributed by atoms with Crippen molar-refractivity contribution < 1.29 is 0 Å². The average molecular weight is 273 g/mol. The van der Waals surface area contributed by atoms with E-state index in [1.807, 2.05) is 53.9 Å². The molecule has 0 amide bonds. The number of nitrogens with zero attached hydrogens (tertiary/aromatic N) is 1. The van der Waals surface area contributed by atoms with Gasteiger partial charge in [-0.15, -0.1) is 0 Å². The third-order valence-corrected chi connectivity index (χ3v) is 2.20. The molecular formula is C19H31N. The van der Waals surface area contributed by atoms with Crippen LogP contribution in [0.5, 0.6) is 0 Å². The van der Waals surface area contributed by atoms with Gasteiger partial charge in [-0.1, -0.05) is 68.0 Å². The molecule has 0 heterocycles. The minimum absolute atomic E-state index is 1.06. The SMILES string of the molecule is C=C(C)/C=C\C(=C)C.CC.Cc1ccc(N(C)C)cc1. The maximum Gasteiger partial charge on any atom is 0.0361 e. The minimum atomic E-state index is 1.06. The molecular weight excluding hydrogens is 242 g/mol. The number of hydrogen-bond donors (Lipinski definition) is 0. The molecule has 0 saturated heterocycles. The second-order valence-corrected chi connectivity index (χ2v) is 4.76. The van der Waals surface area contributed by atoms with Crippen LogP contribution in [0.25, 0.3) is 0 Å². The van der Waals surface area contributed by atoms with Crippen molar-refractivity contribution in [2.75, 3.05) is 19.0 Å². The average Bonchev–Trinajstić information content (AvgIpc) is 2.40. The van der Waals surface area contributed by atoms with Crippen LogP contribution < -0.4 is 4.90 Å². The van der Waals surface area contributed by atoms with Crippen LogP contribution in [0.2, 0.25) is 0 Å². The van der Waals surface area contributed by atoms with Crippen molar-refractivity contribution in [3.63, 3.8) is 0 Å². The van der Waals surface area contributed by atoms with Gasteiger partial charge in [0, 0.05) is 19.8 Å². The molecule has 20 heavy (non-hydrogen) atoms. The Labute approximate surface area is 126 Å². The van der Waals surface area contributed by atoms with E-state index in [9.17, 15) is 0 Å². The number of rotatable bonds is 3. The van der Waals surface area contributed by atoms with Crippen LogP contribution in [0.15, 0.2) is 60.7 Å². The van der Waals surface area contributed by atoms with Crippen LogP contribution in [-0.4, -0.2) is 14.1 Å². The Morgan fingerprint density at radius 1 is 0.900 bits per heavy atom. The summed E-state index contributed by atoms with van der Waals surface area (Å²) in [4.78, 5) is 2.10. The van der Waals surface area contributed by atoms with Crippen molar-refractivity contribution in [1.82, 2.24) is 0 Å². The molecule has 1 aromatic rings. The van der Waals surface area contributed by atoms with Gasteiger partial charge < -0.3 is 4.90 Å². The molecule has 0 atom stereocenters. The molecule has 112 valence electrons. The first-order valence-electron chi connectivity index (χ1n) is 7.06. The van der Waals surface area contributed by atoms with E-state index in [1.54, 1.807) is 0 Å². The van der Waals surface area contributed by atoms with Crippen LogP contribution in [0, 0.1) is 6.92 Å². The highest BCUT2D eigenvalue weighted by molar-refractivity contribution is 5.45. The summed E-state index contributed by atoms with van der Waals surface area (Å²) in [5.74, 6) is 0. The van der Waals surface area contributed by atoms with E-state index in [-0.39, 0.29) is 0 Å². The van der Waals surface area contributed by atoms with E-state index in [2.05, 4.69) is 49.2 Å². The lowest BCUT2D eigenvalue weighted by atomic mass is 10.2. The molecule has 1 nitrogen and oxygen atoms in total. The van der Waals surface area contributed by atoms with E-state index in [1.165, 1.54) is 11.3 Å². The molecule has 0 aliphatic heterocycles. The van der Waals surface area contributed by atoms with Gasteiger partial charge in [-0.05, 0) is 32.9 Å². The topological polar surface area (TPSA) is 3.24 Å². The molecule has 1 rings (SSSR count). The second-order valence-electron chi connectivity index (χ2n) is 4.76. The lowest BCUT2D eigenvalue weighted by Gasteiger charge is -2.11. The second kappa shape index (κ2) is 12.3. The maximum absolute atomic E-state index is 3.70. The summed E-state index contributed by atoms with van der Waals surface area (Å²) in [7, 11) is 4.09. The van der Waals surface area contributed by atoms with Crippen LogP contribution in [0.1, 0.15) is 33.3 Å². The number of anilines is 1. The van der Waals surface area contributed by atoms with E-state index >= 15 is 0 Å². The lowest BCUT2D eigenvalue weighted by molar-refractivity contribution is 1.13. The standard InChI is InChI=1S/C9H13N.C8H12.C2H6/c1-8-4-6-9(7-5-8)10(2)3;1-7(2)5-6-8(3)4;1-2/h4-7H,1-3H3;5-6H,1,3H2,2,4H3;1-2H3/b;6-5-;. The maximum atomic E-state index is 3.70. The first kappa shape index (κ1) is 20.6. The molecule has 0 fully saturated rings. The Bertz CT molecular complexity index is 392. The van der Waals surface area contributed by atoms with E-state index in [0.717, 1.165) is 11.1 Å². The molecule has 0 radical (unpaired) electrons. The lowest BCUT2D eigenvalue weighted by Crippen LogP contribution is -2.07. The molecule has 1 heteroatoms. The van der Waals surface area contributed by atoms with Gasteiger partial charge >= 0.3 is 0 Å². The summed E-state index contributed by atoms with van der Waals surface area (Å²) in [5.41, 5.74) is 4.69. The zero-order valence-electron chi connectivity index (χ0n) is 14.3. The third kappa shape index (κ3) is 12.7. The fourth-order valence-corrected chi connectivity index (χ4v) is 1.13. The van der Waals surface area contributed by atoms with Crippen molar-refractivity contribution in [2.24, 2.45) is 0 Å². The summed E-state index contributed by atoms with van der Waals surface area (Å²) >= 11 is 0. The van der Waals surface area contributed by atoms with Gasteiger partial charge in [0.2, 0.25) is 0 Å². The van der Waals surface area contributed by atoms with Crippen molar-refractivity contribution in [2.45, 2.75) is 34.6 Å². The summed E-state index contributed by atoms with van der Waals surface area (Å²) in [6.07, 6.45) is 3.89. The first-order valence-corrected chi connectivity index (χ1v) is 7.06. The van der Waals surface area contributed by atoms with Crippen molar-refractivity contribution in [1.29, 1.82) is 0 Å². The monoisotopic (exact) mass is 273 g/mol. The zero-order valence-corrected chi connectivity index (χ0v) is 14.3. The van der Waals surface area contributed by atoms with Gasteiger partial charge in [-0.25, -0.2) is 0 Å². The minimum Gasteiger partial charge on any atom is -0.378 e. The Kier molecular flexibility index (Phi) is 12.6. The fraction of sp³-hybridized carbons (Fsp3) is 0.368. The van der Waals surface area contributed by atoms with Crippen LogP contribution in [0.4, 0.5) is 5.69 Å². The van der Waals surface area contributed by atoms with E-state index < -0.39 is 0 Å². The van der Waals surface area contributed by atoms with Gasteiger partial charge in [0.05, 0.1) is 0 Å². The highest BCUT2D eigenvalue weighted by Crippen LogP contribution is 2.10. The molecule has 0 bridgehead atoms. The number of hydrogen-bond acceptors (Lipinski definition) is 1. The summed E-state index contributed by atoms with van der Waals surface area (Å²) < 4.78 is 0. The highest BCUT2D eigenvalue weighted by Gasteiger charge is 1.90. The van der Waals surface area contributed by atoms with Crippen LogP contribution in [0.3, 0.4) is 0 Å². The molecule has 0 aromatic heterocycles.